The second kappa shape index (κ2) is 9.36. The first-order valence-corrected chi connectivity index (χ1v) is 10.2. The van der Waals surface area contributed by atoms with E-state index in [-0.39, 0.29) is 18.2 Å². The van der Waals surface area contributed by atoms with Gasteiger partial charge in [0.05, 0.1) is 6.10 Å². The van der Waals surface area contributed by atoms with Crippen molar-refractivity contribution in [3.05, 3.63) is 103 Å². The Bertz CT molecular complexity index is 1100. The Morgan fingerprint density at radius 3 is 2.65 bits per heavy atom. The predicted molar refractivity (Wildman–Crippen MR) is 121 cm³/mol. The molecular weight excluding hydrogens is 388 g/mol. The van der Waals surface area contributed by atoms with E-state index in [2.05, 4.69) is 15.3 Å². The van der Waals surface area contributed by atoms with Gasteiger partial charge in [0.25, 0.3) is 5.91 Å². The van der Waals surface area contributed by atoms with Crippen LogP contribution < -0.4 is 5.32 Å². The minimum atomic E-state index is -0.736. The van der Waals surface area contributed by atoms with E-state index in [1.807, 2.05) is 54.6 Å². The van der Waals surface area contributed by atoms with Crippen molar-refractivity contribution in [2.75, 3.05) is 0 Å². The molecule has 0 fully saturated rings. The molecule has 2 aromatic heterocycles. The number of rotatable bonds is 7. The lowest BCUT2D eigenvalue weighted by atomic mass is 9.86. The Balaban J connectivity index is 1.53. The van der Waals surface area contributed by atoms with Crippen LogP contribution >= 0.6 is 0 Å². The summed E-state index contributed by atoms with van der Waals surface area (Å²) < 4.78 is 0. The van der Waals surface area contributed by atoms with Gasteiger partial charge in [-0.1, -0.05) is 60.7 Å². The minimum Gasteiger partial charge on any atom is -0.388 e. The Morgan fingerprint density at radius 2 is 1.90 bits per heavy atom. The van der Waals surface area contributed by atoms with Crippen LogP contribution in [0.15, 0.2) is 91.3 Å². The van der Waals surface area contributed by atoms with Gasteiger partial charge in [-0.2, -0.15) is 0 Å². The van der Waals surface area contributed by atoms with Gasteiger partial charge in [-0.15, -0.1) is 0 Å². The van der Waals surface area contributed by atoms with Gasteiger partial charge < -0.3 is 20.8 Å². The number of amides is 1. The van der Waals surface area contributed by atoms with Gasteiger partial charge in [0.15, 0.2) is 0 Å². The average Bonchev–Trinajstić information content (AvgIpc) is 3.31. The number of carbonyl (C=O) groups excluding carboxylic acids is 1. The van der Waals surface area contributed by atoms with E-state index < -0.39 is 12.1 Å². The lowest BCUT2D eigenvalue weighted by molar-refractivity contribution is 0.0893. The molecule has 31 heavy (non-hydrogen) atoms. The summed E-state index contributed by atoms with van der Waals surface area (Å²) in [6, 6.07) is 16.5. The molecule has 0 saturated carbocycles. The van der Waals surface area contributed by atoms with Crippen molar-refractivity contribution in [3.8, 4) is 11.3 Å². The largest absolute Gasteiger partial charge is 0.388 e. The number of aromatic amines is 1. The van der Waals surface area contributed by atoms with Crippen molar-refractivity contribution in [3.63, 3.8) is 0 Å². The quantitative estimate of drug-likeness (QED) is 0.445. The van der Waals surface area contributed by atoms with Crippen molar-refractivity contribution < 1.29 is 9.90 Å². The molecule has 0 radical (unpaired) electrons. The van der Waals surface area contributed by atoms with E-state index in [1.54, 1.807) is 36.7 Å². The van der Waals surface area contributed by atoms with E-state index in [0.717, 1.165) is 11.3 Å². The van der Waals surface area contributed by atoms with Crippen LogP contribution in [-0.2, 0) is 0 Å². The van der Waals surface area contributed by atoms with E-state index in [9.17, 15) is 9.90 Å². The molecule has 0 bridgehead atoms. The molecule has 1 amide bonds. The summed E-state index contributed by atoms with van der Waals surface area (Å²) in [5.41, 5.74) is 3.32. The maximum absolute atomic E-state index is 13.0. The van der Waals surface area contributed by atoms with Crippen LogP contribution in [0.5, 0.6) is 0 Å². The first kappa shape index (κ1) is 20.5. The highest BCUT2D eigenvalue weighted by atomic mass is 16.3. The number of hydrogen-bond acceptors (Lipinski definition) is 4. The molecule has 1 aliphatic carbocycles. The highest BCUT2D eigenvalue weighted by molar-refractivity contribution is 5.99. The number of carbonyl (C=O) groups is 1. The lowest BCUT2D eigenvalue weighted by Crippen LogP contribution is -2.45. The third-order valence-corrected chi connectivity index (χ3v) is 5.38. The maximum Gasteiger partial charge on any atom is 0.267 e. The van der Waals surface area contributed by atoms with Gasteiger partial charge in [-0.05, 0) is 23.8 Å². The molecule has 0 spiro atoms. The number of nitrogens with one attached hydrogen (secondary N) is 3. The second-order valence-corrected chi connectivity index (χ2v) is 7.49. The Labute approximate surface area is 180 Å². The number of nitrogens with zero attached hydrogens (tertiary/aromatic N) is 1. The van der Waals surface area contributed by atoms with Gasteiger partial charge in [-0.25, -0.2) is 0 Å². The van der Waals surface area contributed by atoms with Crippen molar-refractivity contribution >= 4 is 11.6 Å². The molecule has 0 saturated heterocycles. The number of aromatic nitrogens is 2. The predicted octanol–water partition coefficient (Wildman–Crippen LogP) is 3.74. The van der Waals surface area contributed by atoms with Gasteiger partial charge in [0, 0.05) is 47.7 Å². The summed E-state index contributed by atoms with van der Waals surface area (Å²) in [5, 5.41) is 22.0. The summed E-state index contributed by atoms with van der Waals surface area (Å²) in [6.07, 6.45) is 10.0. The van der Waals surface area contributed by atoms with Crippen LogP contribution in [0, 0.1) is 11.3 Å². The zero-order chi connectivity index (χ0) is 21.6. The van der Waals surface area contributed by atoms with Crippen LogP contribution in [0.1, 0.15) is 22.5 Å². The fraction of sp³-hybridized carbons (Fsp3) is 0.160. The third kappa shape index (κ3) is 4.87. The summed E-state index contributed by atoms with van der Waals surface area (Å²) in [4.78, 5) is 20.3. The van der Waals surface area contributed by atoms with Crippen molar-refractivity contribution in [1.82, 2.24) is 15.3 Å². The molecule has 2 heterocycles. The van der Waals surface area contributed by atoms with Crippen molar-refractivity contribution in [1.29, 1.82) is 5.41 Å². The molecule has 4 N–H and O–H groups in total. The summed E-state index contributed by atoms with van der Waals surface area (Å²) in [7, 11) is 0. The number of hydrogen-bond donors (Lipinski definition) is 4. The molecular formula is C25H24N4O2. The summed E-state index contributed by atoms with van der Waals surface area (Å²) >= 11 is 0. The van der Waals surface area contributed by atoms with Crippen molar-refractivity contribution in [2.45, 2.75) is 18.6 Å². The smallest absolute Gasteiger partial charge is 0.267 e. The number of aliphatic hydroxyl groups excluding tert-OH is 1. The zero-order valence-electron chi connectivity index (χ0n) is 16.9. The Hall–Kier alpha value is -3.77. The SMILES string of the molecule is N=C(CC(NC(=O)c1ccc(-c2ccccc2)[nH]1)C1C=CC=CC1O)c1cccnc1. The molecule has 1 aliphatic rings. The average molecular weight is 412 g/mol. The number of benzene rings is 1. The third-order valence-electron chi connectivity index (χ3n) is 5.38. The molecule has 4 rings (SSSR count). The maximum atomic E-state index is 13.0. The van der Waals surface area contributed by atoms with Crippen molar-refractivity contribution in [2.24, 2.45) is 5.92 Å². The van der Waals surface area contributed by atoms with E-state index in [1.165, 1.54) is 0 Å². The van der Waals surface area contributed by atoms with Gasteiger partial charge in [0.1, 0.15) is 5.69 Å². The number of aliphatic hydroxyl groups is 1. The molecule has 1 aromatic carbocycles. The monoisotopic (exact) mass is 412 g/mol. The molecule has 3 unspecified atom stereocenters. The van der Waals surface area contributed by atoms with Gasteiger partial charge >= 0.3 is 0 Å². The molecule has 0 aliphatic heterocycles. The van der Waals surface area contributed by atoms with Crippen LogP contribution in [0.4, 0.5) is 0 Å². The number of H-pyrrole nitrogens is 1. The Kier molecular flexibility index (Phi) is 6.19. The molecule has 6 nitrogen and oxygen atoms in total. The van der Waals surface area contributed by atoms with E-state index in [0.29, 0.717) is 17.0 Å². The minimum absolute atomic E-state index is 0.267. The van der Waals surface area contributed by atoms with Crippen LogP contribution in [-0.4, -0.2) is 38.8 Å². The molecule has 3 aromatic rings. The van der Waals surface area contributed by atoms with E-state index in [4.69, 9.17) is 5.41 Å². The highest BCUT2D eigenvalue weighted by Gasteiger charge is 2.29. The van der Waals surface area contributed by atoms with Gasteiger partial charge in [-0.3, -0.25) is 9.78 Å². The number of allylic oxidation sites excluding steroid dienone is 2. The second-order valence-electron chi connectivity index (χ2n) is 7.49. The first-order chi connectivity index (χ1) is 15.1. The lowest BCUT2D eigenvalue weighted by Gasteiger charge is -2.29. The normalized spacial score (nSPS) is 18.5. The number of pyridine rings is 1. The molecule has 3 atom stereocenters. The van der Waals surface area contributed by atoms with Crippen LogP contribution in [0.2, 0.25) is 0 Å². The van der Waals surface area contributed by atoms with Gasteiger partial charge in [0.2, 0.25) is 0 Å². The van der Waals surface area contributed by atoms with E-state index >= 15 is 0 Å². The summed E-state index contributed by atoms with van der Waals surface area (Å²) in [5.74, 6) is -0.615. The van der Waals surface area contributed by atoms with Crippen LogP contribution in [0.3, 0.4) is 0 Å². The van der Waals surface area contributed by atoms with Crippen LogP contribution in [0.25, 0.3) is 11.3 Å². The fourth-order valence-corrected chi connectivity index (χ4v) is 3.71. The highest BCUT2D eigenvalue weighted by Crippen LogP contribution is 2.22. The first-order valence-electron chi connectivity index (χ1n) is 10.2. The fourth-order valence-electron chi connectivity index (χ4n) is 3.71. The zero-order valence-corrected chi connectivity index (χ0v) is 16.9. The topological polar surface area (TPSA) is 102 Å². The Morgan fingerprint density at radius 1 is 1.10 bits per heavy atom. The molecule has 156 valence electrons. The summed E-state index contributed by atoms with van der Waals surface area (Å²) in [6.45, 7) is 0. The standard InChI is InChI=1S/C25H24N4O2/c26-20(18-9-6-14-27-16-18)15-23(19-10-4-5-11-24(19)30)29-25(31)22-13-12-21(28-22)17-7-2-1-3-8-17/h1-14,16,19,23-24,26,28,30H,15H2,(H,29,31). The molecule has 6 heteroatoms.